The van der Waals surface area contributed by atoms with E-state index in [-0.39, 0.29) is 18.5 Å². The number of nitrogens with one attached hydrogen (secondary N) is 1. The molecule has 0 radical (unpaired) electrons. The monoisotopic (exact) mass is 257 g/mol. The molecular formula is C12H23N3O3. The van der Waals surface area contributed by atoms with Crippen molar-refractivity contribution in [3.8, 4) is 0 Å². The van der Waals surface area contributed by atoms with Crippen LogP contribution < -0.4 is 11.1 Å². The van der Waals surface area contributed by atoms with Crippen LogP contribution in [-0.2, 0) is 9.53 Å². The summed E-state index contributed by atoms with van der Waals surface area (Å²) in [5, 5.41) is 2.98. The average Bonchev–Trinajstić information content (AvgIpc) is 2.63. The van der Waals surface area contributed by atoms with Gasteiger partial charge in [-0.3, -0.25) is 4.79 Å². The number of hydrogen-bond donors (Lipinski definition) is 2. The molecule has 18 heavy (non-hydrogen) atoms. The van der Waals surface area contributed by atoms with E-state index in [1.54, 1.807) is 4.90 Å². The minimum Gasteiger partial charge on any atom is -0.444 e. The van der Waals surface area contributed by atoms with Gasteiger partial charge in [-0.2, -0.15) is 0 Å². The summed E-state index contributed by atoms with van der Waals surface area (Å²) in [6.45, 7) is 7.82. The van der Waals surface area contributed by atoms with Crippen molar-refractivity contribution in [1.29, 1.82) is 0 Å². The summed E-state index contributed by atoms with van der Waals surface area (Å²) in [6.07, 6.45) is 0.658. The van der Waals surface area contributed by atoms with Gasteiger partial charge in [0, 0.05) is 19.6 Å². The molecule has 0 aromatic rings. The normalized spacial score (nSPS) is 19.9. The molecule has 6 nitrogen and oxygen atoms in total. The lowest BCUT2D eigenvalue weighted by Gasteiger charge is -2.24. The van der Waals surface area contributed by atoms with Crippen LogP contribution in [0.15, 0.2) is 0 Å². The topological polar surface area (TPSA) is 84.7 Å². The lowest BCUT2D eigenvalue weighted by molar-refractivity contribution is -0.117. The first-order chi connectivity index (χ1) is 8.28. The highest BCUT2D eigenvalue weighted by Crippen LogP contribution is 2.18. The molecule has 0 bridgehead atoms. The molecule has 0 saturated carbocycles. The maximum Gasteiger partial charge on any atom is 0.410 e. The summed E-state index contributed by atoms with van der Waals surface area (Å²) in [6, 6.07) is 0. The van der Waals surface area contributed by atoms with E-state index in [1.807, 2.05) is 20.8 Å². The minimum atomic E-state index is -0.459. The van der Waals surface area contributed by atoms with Crippen molar-refractivity contribution in [2.45, 2.75) is 32.8 Å². The van der Waals surface area contributed by atoms with E-state index in [2.05, 4.69) is 5.32 Å². The molecule has 1 aliphatic heterocycles. The van der Waals surface area contributed by atoms with Crippen molar-refractivity contribution in [3.63, 3.8) is 0 Å². The van der Waals surface area contributed by atoms with Gasteiger partial charge in [-0.25, -0.2) is 4.79 Å². The number of amides is 2. The van der Waals surface area contributed by atoms with Crippen molar-refractivity contribution in [3.05, 3.63) is 0 Å². The first-order valence-corrected chi connectivity index (χ1v) is 6.25. The standard InChI is InChI=1S/C12H23N3O3/c1-12(2,3)18-11(17)15-5-4-9(8-15)6-14-7-10(13)16/h9,14H,4-8H2,1-3H3,(H2,13,16). The van der Waals surface area contributed by atoms with Crippen LogP contribution in [0.1, 0.15) is 27.2 Å². The second-order valence-corrected chi connectivity index (χ2v) is 5.68. The molecular weight excluding hydrogens is 234 g/mol. The van der Waals surface area contributed by atoms with Crippen molar-refractivity contribution in [1.82, 2.24) is 10.2 Å². The minimum absolute atomic E-state index is 0.183. The maximum absolute atomic E-state index is 11.8. The fraction of sp³-hybridized carbons (Fsp3) is 0.833. The molecule has 1 fully saturated rings. The predicted octanol–water partition coefficient (Wildman–Crippen LogP) is 0.318. The van der Waals surface area contributed by atoms with Crippen molar-refractivity contribution in [2.24, 2.45) is 11.7 Å². The average molecular weight is 257 g/mol. The van der Waals surface area contributed by atoms with E-state index in [9.17, 15) is 9.59 Å². The number of primary amides is 1. The number of likely N-dealkylation sites (tertiary alicyclic amines) is 1. The molecule has 3 N–H and O–H groups in total. The van der Waals surface area contributed by atoms with Gasteiger partial charge >= 0.3 is 6.09 Å². The lowest BCUT2D eigenvalue weighted by Crippen LogP contribution is -2.37. The molecule has 0 aliphatic carbocycles. The summed E-state index contributed by atoms with van der Waals surface area (Å²) in [7, 11) is 0. The van der Waals surface area contributed by atoms with E-state index in [4.69, 9.17) is 10.5 Å². The number of carbonyl (C=O) groups is 2. The third-order valence-corrected chi connectivity index (χ3v) is 2.67. The highest BCUT2D eigenvalue weighted by Gasteiger charge is 2.29. The Balaban J connectivity index is 2.28. The van der Waals surface area contributed by atoms with Gasteiger partial charge in [0.1, 0.15) is 5.60 Å². The van der Waals surface area contributed by atoms with Crippen molar-refractivity contribution < 1.29 is 14.3 Å². The Morgan fingerprint density at radius 1 is 1.44 bits per heavy atom. The molecule has 1 heterocycles. The van der Waals surface area contributed by atoms with Crippen molar-refractivity contribution in [2.75, 3.05) is 26.2 Å². The molecule has 0 spiro atoms. The summed E-state index contributed by atoms with van der Waals surface area (Å²) >= 11 is 0. The van der Waals surface area contributed by atoms with Crippen molar-refractivity contribution >= 4 is 12.0 Å². The second-order valence-electron chi connectivity index (χ2n) is 5.68. The summed E-state index contributed by atoms with van der Waals surface area (Å²) in [4.78, 5) is 24.1. The van der Waals surface area contributed by atoms with Crippen LogP contribution >= 0.6 is 0 Å². The highest BCUT2D eigenvalue weighted by atomic mass is 16.6. The Labute approximate surface area is 108 Å². The third kappa shape index (κ3) is 5.35. The second kappa shape index (κ2) is 6.04. The first kappa shape index (κ1) is 14.8. The van der Waals surface area contributed by atoms with Crippen LogP contribution in [-0.4, -0.2) is 48.7 Å². The van der Waals surface area contributed by atoms with Crippen LogP contribution in [0.2, 0.25) is 0 Å². The van der Waals surface area contributed by atoms with Gasteiger partial charge in [-0.05, 0) is 33.1 Å². The van der Waals surface area contributed by atoms with Crippen LogP contribution in [0.4, 0.5) is 4.79 Å². The van der Waals surface area contributed by atoms with E-state index >= 15 is 0 Å². The Bertz CT molecular complexity index is 312. The van der Waals surface area contributed by atoms with Gasteiger partial charge in [0.15, 0.2) is 0 Å². The van der Waals surface area contributed by atoms with E-state index in [1.165, 1.54) is 0 Å². The molecule has 1 aliphatic rings. The zero-order valence-corrected chi connectivity index (χ0v) is 11.4. The zero-order valence-electron chi connectivity index (χ0n) is 11.4. The SMILES string of the molecule is CC(C)(C)OC(=O)N1CCC(CNCC(N)=O)C1. The molecule has 6 heteroatoms. The van der Waals surface area contributed by atoms with E-state index in [0.717, 1.165) is 6.42 Å². The fourth-order valence-corrected chi connectivity index (χ4v) is 1.89. The van der Waals surface area contributed by atoms with E-state index in [0.29, 0.717) is 25.6 Å². The molecule has 0 aromatic carbocycles. The van der Waals surface area contributed by atoms with Gasteiger partial charge in [0.2, 0.25) is 5.91 Å². The van der Waals surface area contributed by atoms with Gasteiger partial charge in [0.05, 0.1) is 6.54 Å². The van der Waals surface area contributed by atoms with Gasteiger partial charge in [-0.15, -0.1) is 0 Å². The van der Waals surface area contributed by atoms with E-state index < -0.39 is 5.60 Å². The van der Waals surface area contributed by atoms with Gasteiger partial charge in [0.25, 0.3) is 0 Å². The van der Waals surface area contributed by atoms with Crippen LogP contribution in [0.25, 0.3) is 0 Å². The zero-order chi connectivity index (χ0) is 13.8. The molecule has 104 valence electrons. The molecule has 2 amide bonds. The predicted molar refractivity (Wildman–Crippen MR) is 68.0 cm³/mol. The van der Waals surface area contributed by atoms with Crippen LogP contribution in [0.5, 0.6) is 0 Å². The lowest BCUT2D eigenvalue weighted by atomic mass is 10.1. The summed E-state index contributed by atoms with van der Waals surface area (Å²) in [5.74, 6) is -0.00568. The largest absolute Gasteiger partial charge is 0.444 e. The van der Waals surface area contributed by atoms with Gasteiger partial charge in [-0.1, -0.05) is 0 Å². The Morgan fingerprint density at radius 3 is 2.67 bits per heavy atom. The fourth-order valence-electron chi connectivity index (χ4n) is 1.89. The summed E-state index contributed by atoms with van der Waals surface area (Å²) in [5.41, 5.74) is 4.58. The molecule has 1 rings (SSSR count). The Hall–Kier alpha value is -1.30. The molecule has 0 aromatic heterocycles. The smallest absolute Gasteiger partial charge is 0.410 e. The number of nitrogens with zero attached hydrogens (tertiary/aromatic N) is 1. The molecule has 1 saturated heterocycles. The Morgan fingerprint density at radius 2 is 2.11 bits per heavy atom. The van der Waals surface area contributed by atoms with Gasteiger partial charge < -0.3 is 20.7 Å². The Kier molecular flexibility index (Phi) is 4.95. The summed E-state index contributed by atoms with van der Waals surface area (Å²) < 4.78 is 5.31. The first-order valence-electron chi connectivity index (χ1n) is 6.25. The number of hydrogen-bond acceptors (Lipinski definition) is 4. The molecule has 1 atom stereocenters. The third-order valence-electron chi connectivity index (χ3n) is 2.67. The number of rotatable bonds is 4. The van der Waals surface area contributed by atoms with Crippen LogP contribution in [0, 0.1) is 5.92 Å². The van der Waals surface area contributed by atoms with Crippen LogP contribution in [0.3, 0.4) is 0 Å². The number of nitrogens with two attached hydrogens (primary N) is 1. The number of ether oxygens (including phenoxy) is 1. The quantitative estimate of drug-likeness (QED) is 0.759. The molecule has 1 unspecified atom stereocenters. The number of carbonyl (C=O) groups excluding carboxylic acids is 2. The highest BCUT2D eigenvalue weighted by molar-refractivity contribution is 5.75. The maximum atomic E-state index is 11.8.